The van der Waals surface area contributed by atoms with Crippen LogP contribution in [-0.4, -0.2) is 47.3 Å². The van der Waals surface area contributed by atoms with Gasteiger partial charge >= 0.3 is 6.03 Å². The molecule has 0 spiro atoms. The van der Waals surface area contributed by atoms with E-state index in [4.69, 9.17) is 0 Å². The quantitative estimate of drug-likeness (QED) is 0.876. The molecule has 2 N–H and O–H groups in total. The molecular weight excluding hydrogens is 286 g/mol. The molecule has 2 unspecified atom stereocenters. The first-order valence-electron chi connectivity index (χ1n) is 7.64. The molecule has 1 aliphatic rings. The fraction of sp³-hybridized carbons (Fsp3) is 0.733. The Kier molecular flexibility index (Phi) is 5.99. The van der Waals surface area contributed by atoms with Gasteiger partial charge < -0.3 is 15.3 Å². The third kappa shape index (κ3) is 4.97. The molecule has 0 radical (unpaired) electrons. The number of carbonyl (C=O) groups excluding carboxylic acids is 1. The van der Waals surface area contributed by atoms with E-state index in [0.717, 1.165) is 42.8 Å². The van der Waals surface area contributed by atoms with Crippen LogP contribution in [0.15, 0.2) is 5.38 Å². The zero-order valence-corrected chi connectivity index (χ0v) is 13.7. The molecule has 21 heavy (non-hydrogen) atoms. The fourth-order valence-electron chi connectivity index (χ4n) is 2.79. The lowest BCUT2D eigenvalue weighted by Crippen LogP contribution is -2.43. The summed E-state index contributed by atoms with van der Waals surface area (Å²) in [6.45, 7) is 3.21. The summed E-state index contributed by atoms with van der Waals surface area (Å²) in [5.74, 6) is 0.218. The molecule has 2 amide bonds. The van der Waals surface area contributed by atoms with Crippen LogP contribution < -0.4 is 5.32 Å². The SMILES string of the molecule is Cc1nc(CCNC(=O)N(C)CC2CCCCC2O)cs1. The molecular formula is C15H25N3O2S. The normalized spacial score (nSPS) is 22.0. The van der Waals surface area contributed by atoms with Gasteiger partial charge in [-0.15, -0.1) is 11.3 Å². The van der Waals surface area contributed by atoms with Crippen molar-refractivity contribution < 1.29 is 9.90 Å². The van der Waals surface area contributed by atoms with Crippen molar-refractivity contribution >= 4 is 17.4 Å². The number of aromatic nitrogens is 1. The highest BCUT2D eigenvalue weighted by Crippen LogP contribution is 2.24. The van der Waals surface area contributed by atoms with Gasteiger partial charge in [0.15, 0.2) is 0 Å². The summed E-state index contributed by atoms with van der Waals surface area (Å²) in [4.78, 5) is 18.1. The van der Waals surface area contributed by atoms with E-state index in [0.29, 0.717) is 13.1 Å². The first-order chi connectivity index (χ1) is 10.1. The van der Waals surface area contributed by atoms with Gasteiger partial charge in [0.25, 0.3) is 0 Å². The summed E-state index contributed by atoms with van der Waals surface area (Å²) in [5.41, 5.74) is 1.03. The van der Waals surface area contributed by atoms with E-state index in [2.05, 4.69) is 10.3 Å². The van der Waals surface area contributed by atoms with Crippen LogP contribution in [0.1, 0.15) is 36.4 Å². The van der Waals surface area contributed by atoms with Gasteiger partial charge in [0, 0.05) is 37.9 Å². The van der Waals surface area contributed by atoms with E-state index >= 15 is 0 Å². The first-order valence-corrected chi connectivity index (χ1v) is 8.52. The van der Waals surface area contributed by atoms with Crippen LogP contribution >= 0.6 is 11.3 Å². The number of nitrogens with one attached hydrogen (secondary N) is 1. The highest BCUT2D eigenvalue weighted by Gasteiger charge is 2.25. The second kappa shape index (κ2) is 7.75. The Morgan fingerprint density at radius 1 is 1.52 bits per heavy atom. The monoisotopic (exact) mass is 311 g/mol. The topological polar surface area (TPSA) is 65.5 Å². The molecule has 1 aliphatic carbocycles. The number of hydrogen-bond acceptors (Lipinski definition) is 4. The van der Waals surface area contributed by atoms with E-state index in [-0.39, 0.29) is 18.1 Å². The Labute approximate surface area is 130 Å². The van der Waals surface area contributed by atoms with E-state index < -0.39 is 0 Å². The number of amides is 2. The molecule has 118 valence electrons. The molecule has 2 rings (SSSR count). The largest absolute Gasteiger partial charge is 0.393 e. The zero-order valence-electron chi connectivity index (χ0n) is 12.8. The molecule has 0 saturated heterocycles. The van der Waals surface area contributed by atoms with Crippen molar-refractivity contribution in [3.05, 3.63) is 16.1 Å². The highest BCUT2D eigenvalue weighted by atomic mass is 32.1. The minimum Gasteiger partial charge on any atom is -0.393 e. The van der Waals surface area contributed by atoms with Crippen molar-refractivity contribution in [2.45, 2.75) is 45.1 Å². The van der Waals surface area contributed by atoms with Gasteiger partial charge in [-0.25, -0.2) is 9.78 Å². The molecule has 1 saturated carbocycles. The van der Waals surface area contributed by atoms with Crippen molar-refractivity contribution in [2.24, 2.45) is 5.92 Å². The predicted octanol–water partition coefficient (Wildman–Crippen LogP) is 2.19. The predicted molar refractivity (Wildman–Crippen MR) is 84.5 cm³/mol. The maximum atomic E-state index is 12.0. The van der Waals surface area contributed by atoms with Gasteiger partial charge in [0.05, 0.1) is 16.8 Å². The maximum Gasteiger partial charge on any atom is 0.317 e. The fourth-order valence-corrected chi connectivity index (χ4v) is 3.44. The Balaban J connectivity index is 1.69. The Morgan fingerprint density at radius 3 is 2.95 bits per heavy atom. The van der Waals surface area contributed by atoms with E-state index in [1.54, 1.807) is 23.3 Å². The summed E-state index contributed by atoms with van der Waals surface area (Å²) in [6, 6.07) is -0.0697. The summed E-state index contributed by atoms with van der Waals surface area (Å²) in [5, 5.41) is 16.0. The van der Waals surface area contributed by atoms with Crippen molar-refractivity contribution in [3.63, 3.8) is 0 Å². The van der Waals surface area contributed by atoms with E-state index in [1.807, 2.05) is 12.3 Å². The summed E-state index contributed by atoms with van der Waals surface area (Å²) < 4.78 is 0. The molecule has 2 atom stereocenters. The van der Waals surface area contributed by atoms with Crippen molar-refractivity contribution in [3.8, 4) is 0 Å². The van der Waals surface area contributed by atoms with Gasteiger partial charge in [-0.3, -0.25) is 0 Å². The van der Waals surface area contributed by atoms with Gasteiger partial charge in [-0.2, -0.15) is 0 Å². The third-order valence-electron chi connectivity index (χ3n) is 4.05. The minimum absolute atomic E-state index is 0.0697. The van der Waals surface area contributed by atoms with E-state index in [1.165, 1.54) is 0 Å². The molecule has 5 nitrogen and oxygen atoms in total. The standard InChI is InChI=1S/C15H25N3O2S/c1-11-17-13(10-21-11)7-8-16-15(20)18(2)9-12-5-3-4-6-14(12)19/h10,12,14,19H,3-9H2,1-2H3,(H,16,20). The molecule has 1 fully saturated rings. The molecule has 0 aromatic carbocycles. The number of aliphatic hydroxyl groups excluding tert-OH is 1. The highest BCUT2D eigenvalue weighted by molar-refractivity contribution is 7.09. The second-order valence-electron chi connectivity index (χ2n) is 5.83. The van der Waals surface area contributed by atoms with Gasteiger partial charge in [0.2, 0.25) is 0 Å². The van der Waals surface area contributed by atoms with Crippen LogP contribution in [0.3, 0.4) is 0 Å². The molecule has 1 aromatic heterocycles. The van der Waals surface area contributed by atoms with Crippen LogP contribution in [-0.2, 0) is 6.42 Å². The van der Waals surface area contributed by atoms with E-state index in [9.17, 15) is 9.90 Å². The minimum atomic E-state index is -0.257. The van der Waals surface area contributed by atoms with Crippen molar-refractivity contribution in [1.29, 1.82) is 0 Å². The van der Waals surface area contributed by atoms with Crippen LogP contribution in [0.2, 0.25) is 0 Å². The second-order valence-corrected chi connectivity index (χ2v) is 6.89. The molecule has 6 heteroatoms. The zero-order chi connectivity index (χ0) is 15.2. The van der Waals surface area contributed by atoms with Gasteiger partial charge in [-0.05, 0) is 19.8 Å². The number of hydrogen-bond donors (Lipinski definition) is 2. The molecule has 0 aliphatic heterocycles. The first kappa shape index (κ1) is 16.2. The number of rotatable bonds is 5. The average Bonchev–Trinajstić information content (AvgIpc) is 2.87. The Bertz CT molecular complexity index is 464. The van der Waals surface area contributed by atoms with Crippen LogP contribution in [0, 0.1) is 12.8 Å². The maximum absolute atomic E-state index is 12.0. The number of aryl methyl sites for hydroxylation is 1. The Hall–Kier alpha value is -1.14. The van der Waals surface area contributed by atoms with Gasteiger partial charge in [-0.1, -0.05) is 12.8 Å². The summed E-state index contributed by atoms with van der Waals surface area (Å²) >= 11 is 1.63. The van der Waals surface area contributed by atoms with Gasteiger partial charge in [0.1, 0.15) is 0 Å². The average molecular weight is 311 g/mol. The third-order valence-corrected chi connectivity index (χ3v) is 4.87. The van der Waals surface area contributed by atoms with Crippen molar-refractivity contribution in [1.82, 2.24) is 15.2 Å². The lowest BCUT2D eigenvalue weighted by molar-refractivity contribution is 0.0565. The number of carbonyl (C=O) groups is 1. The van der Waals surface area contributed by atoms with Crippen molar-refractivity contribution in [2.75, 3.05) is 20.1 Å². The smallest absolute Gasteiger partial charge is 0.317 e. The number of nitrogens with zero attached hydrogens (tertiary/aromatic N) is 2. The Morgan fingerprint density at radius 2 is 2.29 bits per heavy atom. The molecule has 0 bridgehead atoms. The van der Waals surface area contributed by atoms with Crippen LogP contribution in [0.25, 0.3) is 0 Å². The van der Waals surface area contributed by atoms with Crippen LogP contribution in [0.4, 0.5) is 4.79 Å². The van der Waals surface area contributed by atoms with Crippen LogP contribution in [0.5, 0.6) is 0 Å². The lowest BCUT2D eigenvalue weighted by Gasteiger charge is -2.31. The lowest BCUT2D eigenvalue weighted by atomic mass is 9.86. The number of thiazole rings is 1. The number of urea groups is 1. The molecule has 1 aromatic rings. The summed E-state index contributed by atoms with van der Waals surface area (Å²) in [6.07, 6.45) is 4.63. The number of aliphatic hydroxyl groups is 1. The summed E-state index contributed by atoms with van der Waals surface area (Å²) in [7, 11) is 1.80. The molecule has 1 heterocycles.